The molecule has 0 aliphatic heterocycles. The predicted octanol–water partition coefficient (Wildman–Crippen LogP) is 3.10. The van der Waals surface area contributed by atoms with Crippen molar-refractivity contribution in [2.45, 2.75) is 6.92 Å². The second kappa shape index (κ2) is 3.47. The number of nitro benzene ring substituents is 1. The molecule has 4 nitrogen and oxygen atoms in total. The van der Waals surface area contributed by atoms with Gasteiger partial charge >= 0.3 is 0 Å². The number of aryl methyl sites for hydroxylation is 1. The fourth-order valence-electron chi connectivity index (χ4n) is 1.42. The fraction of sp³-hybridized carbons (Fsp3) is 0.100. The van der Waals surface area contributed by atoms with Gasteiger partial charge in [0.1, 0.15) is 5.15 Å². The van der Waals surface area contributed by atoms with Crippen LogP contribution in [-0.4, -0.2) is 9.91 Å². The van der Waals surface area contributed by atoms with Crippen LogP contribution in [-0.2, 0) is 0 Å². The maximum Gasteiger partial charge on any atom is 0.278 e. The molecule has 0 radical (unpaired) electrons. The van der Waals surface area contributed by atoms with E-state index in [4.69, 9.17) is 11.6 Å². The lowest BCUT2D eigenvalue weighted by Crippen LogP contribution is -1.91. The number of hydrogen-bond acceptors (Lipinski definition) is 3. The van der Waals surface area contributed by atoms with Gasteiger partial charge in [0.05, 0.1) is 15.8 Å². The molecule has 76 valence electrons. The van der Waals surface area contributed by atoms with E-state index in [0.717, 1.165) is 5.56 Å². The van der Waals surface area contributed by atoms with Crippen LogP contribution in [0.5, 0.6) is 0 Å². The Hall–Kier alpha value is -1.68. The number of benzene rings is 1. The van der Waals surface area contributed by atoms with Crippen LogP contribution >= 0.6 is 11.6 Å². The van der Waals surface area contributed by atoms with Gasteiger partial charge in [-0.2, -0.15) is 0 Å². The molecule has 0 atom stereocenters. The number of hydrogen-bond donors (Lipinski definition) is 0. The Morgan fingerprint density at radius 1 is 1.47 bits per heavy atom. The molecule has 1 heterocycles. The maximum absolute atomic E-state index is 10.8. The molecule has 0 fully saturated rings. The minimum absolute atomic E-state index is 0.0553. The molecule has 0 spiro atoms. The van der Waals surface area contributed by atoms with Crippen LogP contribution in [0.2, 0.25) is 5.15 Å². The van der Waals surface area contributed by atoms with E-state index in [0.29, 0.717) is 16.1 Å². The Labute approximate surface area is 90.7 Å². The van der Waals surface area contributed by atoms with Crippen LogP contribution in [0, 0.1) is 17.0 Å². The van der Waals surface area contributed by atoms with E-state index < -0.39 is 4.92 Å². The molecule has 2 rings (SSSR count). The molecular weight excluding hydrogens is 216 g/mol. The molecule has 0 aliphatic carbocycles. The van der Waals surface area contributed by atoms with Crippen molar-refractivity contribution in [2.75, 3.05) is 0 Å². The first-order valence-electron chi connectivity index (χ1n) is 4.30. The van der Waals surface area contributed by atoms with Gasteiger partial charge in [-0.25, -0.2) is 4.98 Å². The van der Waals surface area contributed by atoms with E-state index in [1.54, 1.807) is 25.1 Å². The van der Waals surface area contributed by atoms with Gasteiger partial charge in [-0.1, -0.05) is 17.7 Å². The normalized spacial score (nSPS) is 10.5. The summed E-state index contributed by atoms with van der Waals surface area (Å²) in [4.78, 5) is 14.4. The van der Waals surface area contributed by atoms with Gasteiger partial charge in [-0.3, -0.25) is 10.1 Å². The van der Waals surface area contributed by atoms with Crippen LogP contribution in [0.3, 0.4) is 0 Å². The summed E-state index contributed by atoms with van der Waals surface area (Å²) in [6.07, 6.45) is 0. The second-order valence-corrected chi connectivity index (χ2v) is 3.56. The molecule has 0 N–H and O–H groups in total. The molecule has 0 saturated carbocycles. The van der Waals surface area contributed by atoms with E-state index in [-0.39, 0.29) is 5.69 Å². The Balaban J connectivity index is 2.86. The highest BCUT2D eigenvalue weighted by molar-refractivity contribution is 6.30. The molecule has 0 amide bonds. The molecule has 1 aromatic carbocycles. The Morgan fingerprint density at radius 2 is 2.20 bits per heavy atom. The summed E-state index contributed by atoms with van der Waals surface area (Å²) in [6.45, 7) is 1.77. The average Bonchev–Trinajstić information content (AvgIpc) is 2.18. The number of nitrogens with zero attached hydrogens (tertiary/aromatic N) is 2. The van der Waals surface area contributed by atoms with Crippen LogP contribution in [0.1, 0.15) is 5.56 Å². The van der Waals surface area contributed by atoms with E-state index >= 15 is 0 Å². The van der Waals surface area contributed by atoms with Crippen molar-refractivity contribution in [3.8, 4) is 0 Å². The van der Waals surface area contributed by atoms with Gasteiger partial charge in [-0.15, -0.1) is 0 Å². The van der Waals surface area contributed by atoms with Crippen molar-refractivity contribution in [1.82, 2.24) is 4.98 Å². The quantitative estimate of drug-likeness (QED) is 0.423. The van der Waals surface area contributed by atoms with Gasteiger partial charge in [0.25, 0.3) is 5.69 Å². The van der Waals surface area contributed by atoms with E-state index in [1.165, 1.54) is 6.07 Å². The highest BCUT2D eigenvalue weighted by Gasteiger charge is 2.12. The monoisotopic (exact) mass is 222 g/mol. The number of pyridine rings is 1. The molecule has 1 aromatic heterocycles. The second-order valence-electron chi connectivity index (χ2n) is 3.20. The molecule has 0 saturated heterocycles. The zero-order valence-electron chi connectivity index (χ0n) is 7.90. The van der Waals surface area contributed by atoms with Crippen LogP contribution in [0.15, 0.2) is 24.3 Å². The summed E-state index contributed by atoms with van der Waals surface area (Å²) in [7, 11) is 0. The third-order valence-electron chi connectivity index (χ3n) is 2.16. The predicted molar refractivity (Wildman–Crippen MR) is 58.1 cm³/mol. The smallest absolute Gasteiger partial charge is 0.258 e. The zero-order valence-corrected chi connectivity index (χ0v) is 8.65. The summed E-state index contributed by atoms with van der Waals surface area (Å²) in [5.74, 6) is 0. The molecule has 15 heavy (non-hydrogen) atoms. The Morgan fingerprint density at radius 3 is 2.87 bits per heavy atom. The highest BCUT2D eigenvalue weighted by atomic mass is 35.5. The standard InChI is InChI=1S/C10H7ClN2O2/c1-6-5-7-8(12-10(6)11)3-2-4-9(7)13(14)15/h2-5H,1H3. The molecule has 0 unspecified atom stereocenters. The van der Waals surface area contributed by atoms with Gasteiger partial charge in [0.15, 0.2) is 0 Å². The summed E-state index contributed by atoms with van der Waals surface area (Å²) >= 11 is 5.84. The minimum Gasteiger partial charge on any atom is -0.258 e. The number of rotatable bonds is 1. The number of halogens is 1. The average molecular weight is 223 g/mol. The van der Waals surface area contributed by atoms with Crippen molar-refractivity contribution >= 4 is 28.2 Å². The molecule has 0 aliphatic rings. The van der Waals surface area contributed by atoms with Crippen LogP contribution in [0.4, 0.5) is 5.69 Å². The SMILES string of the molecule is Cc1cc2c([N+](=O)[O-])cccc2nc1Cl. The third-order valence-corrected chi connectivity index (χ3v) is 2.54. The molecule has 0 bridgehead atoms. The lowest BCUT2D eigenvalue weighted by Gasteiger charge is -2.01. The topological polar surface area (TPSA) is 56.0 Å². The van der Waals surface area contributed by atoms with Crippen molar-refractivity contribution in [3.63, 3.8) is 0 Å². The van der Waals surface area contributed by atoms with E-state index in [9.17, 15) is 10.1 Å². The summed E-state index contributed by atoms with van der Waals surface area (Å²) in [6, 6.07) is 6.44. The molecule has 5 heteroatoms. The summed E-state index contributed by atoms with van der Waals surface area (Å²) in [5.41, 5.74) is 1.33. The summed E-state index contributed by atoms with van der Waals surface area (Å²) < 4.78 is 0. The van der Waals surface area contributed by atoms with E-state index in [2.05, 4.69) is 4.98 Å². The van der Waals surface area contributed by atoms with Gasteiger partial charge in [-0.05, 0) is 24.6 Å². The zero-order chi connectivity index (χ0) is 11.0. The first kappa shape index (κ1) is 9.86. The van der Waals surface area contributed by atoms with Crippen molar-refractivity contribution in [2.24, 2.45) is 0 Å². The van der Waals surface area contributed by atoms with Crippen molar-refractivity contribution in [1.29, 1.82) is 0 Å². The largest absolute Gasteiger partial charge is 0.278 e. The molecule has 2 aromatic rings. The number of fused-ring (bicyclic) bond motifs is 1. The van der Waals surface area contributed by atoms with E-state index in [1.807, 2.05) is 0 Å². The number of aromatic nitrogens is 1. The first-order chi connectivity index (χ1) is 7.09. The third kappa shape index (κ3) is 1.64. The Kier molecular flexibility index (Phi) is 2.28. The Bertz CT molecular complexity index is 554. The van der Waals surface area contributed by atoms with Crippen molar-refractivity contribution < 1.29 is 4.92 Å². The van der Waals surface area contributed by atoms with Crippen molar-refractivity contribution in [3.05, 3.63) is 45.1 Å². The van der Waals surface area contributed by atoms with Crippen LogP contribution in [0.25, 0.3) is 10.9 Å². The number of non-ortho nitro benzene ring substituents is 1. The highest BCUT2D eigenvalue weighted by Crippen LogP contribution is 2.27. The fourth-order valence-corrected chi connectivity index (χ4v) is 1.56. The van der Waals surface area contributed by atoms with Gasteiger partial charge in [0, 0.05) is 6.07 Å². The first-order valence-corrected chi connectivity index (χ1v) is 4.67. The number of nitro groups is 1. The lowest BCUT2D eigenvalue weighted by molar-refractivity contribution is -0.383. The van der Waals surface area contributed by atoms with Gasteiger partial charge < -0.3 is 0 Å². The summed E-state index contributed by atoms with van der Waals surface area (Å²) in [5, 5.41) is 11.7. The minimum atomic E-state index is -0.419. The van der Waals surface area contributed by atoms with Crippen LogP contribution < -0.4 is 0 Å². The van der Waals surface area contributed by atoms with Gasteiger partial charge in [0.2, 0.25) is 0 Å². The molecular formula is C10H7ClN2O2. The maximum atomic E-state index is 10.8. The lowest BCUT2D eigenvalue weighted by atomic mass is 10.1.